The van der Waals surface area contributed by atoms with Gasteiger partial charge in [-0.2, -0.15) is 0 Å². The third-order valence-corrected chi connectivity index (χ3v) is 15.6. The minimum absolute atomic E-state index is 0.000501. The summed E-state index contributed by atoms with van der Waals surface area (Å²) >= 11 is 0. The van der Waals surface area contributed by atoms with Crippen LogP contribution in [-0.4, -0.2) is 70.7 Å². The quantitative estimate of drug-likeness (QED) is 0.465. The van der Waals surface area contributed by atoms with E-state index in [-0.39, 0.29) is 22.3 Å². The van der Waals surface area contributed by atoms with E-state index >= 15 is 0 Å². The maximum absolute atomic E-state index is 13.9. The van der Waals surface area contributed by atoms with Crippen molar-refractivity contribution >= 4 is 24.1 Å². The average Bonchev–Trinajstić information content (AvgIpc) is 3.49. The van der Waals surface area contributed by atoms with Crippen LogP contribution in [0.4, 0.5) is 0 Å². The fourth-order valence-corrected chi connectivity index (χ4v) is 9.14. The molecule has 2 aliphatic heterocycles. The molecule has 2 aromatic carbocycles. The van der Waals surface area contributed by atoms with E-state index in [1.807, 2.05) is 6.92 Å². The number of nitrogens with one attached hydrogen (secondary N) is 1. The molecule has 6 rings (SSSR count). The summed E-state index contributed by atoms with van der Waals surface area (Å²) in [7, 11) is -6.57. The average molecular weight is 632 g/mol. The summed E-state index contributed by atoms with van der Waals surface area (Å²) in [4.78, 5) is 13.9. The van der Waals surface area contributed by atoms with Gasteiger partial charge < -0.3 is 28.5 Å². The van der Waals surface area contributed by atoms with Gasteiger partial charge in [0, 0.05) is 17.4 Å². The van der Waals surface area contributed by atoms with Crippen LogP contribution >= 0.6 is 0 Å². The van der Waals surface area contributed by atoms with Crippen molar-refractivity contribution in [3.05, 3.63) is 53.1 Å². The molecule has 2 N–H and O–H groups in total. The Kier molecular flexibility index (Phi) is 7.21. The second-order valence-corrected chi connectivity index (χ2v) is 20.5. The summed E-state index contributed by atoms with van der Waals surface area (Å²) in [5.74, 6) is -2.24. The largest absolute Gasteiger partial charge is 0.454 e. The third kappa shape index (κ3) is 5.14. The Morgan fingerprint density at radius 1 is 1.02 bits per heavy atom. The molecule has 10 nitrogen and oxygen atoms in total. The van der Waals surface area contributed by atoms with Gasteiger partial charge in [0.05, 0.1) is 17.0 Å². The molecule has 0 bridgehead atoms. The monoisotopic (exact) mass is 631 g/mol. The summed E-state index contributed by atoms with van der Waals surface area (Å²) in [6.07, 6.45) is -3.78. The lowest BCUT2D eigenvalue weighted by Crippen LogP contribution is -2.67. The smallest absolute Gasteiger partial charge is 0.240 e. The zero-order chi connectivity index (χ0) is 31.3. The molecule has 0 aromatic heterocycles. The zero-order valence-electron chi connectivity index (χ0n) is 25.8. The first kappa shape index (κ1) is 30.7. The molecule has 2 aliphatic carbocycles. The molecule has 7 atom stereocenters. The maximum atomic E-state index is 13.9. The number of ether oxygens (including phenoxy) is 4. The Hall–Kier alpha value is -2.32. The molecule has 0 radical (unpaired) electrons. The normalized spacial score (nSPS) is 31.4. The highest BCUT2D eigenvalue weighted by molar-refractivity contribution is 7.89. The third-order valence-electron chi connectivity index (χ3n) is 9.68. The van der Waals surface area contributed by atoms with Gasteiger partial charge >= 0.3 is 0 Å². The van der Waals surface area contributed by atoms with Crippen LogP contribution in [-0.2, 0) is 23.9 Å². The molecule has 1 saturated carbocycles. The van der Waals surface area contributed by atoms with Crippen molar-refractivity contribution in [3.63, 3.8) is 0 Å². The summed E-state index contributed by atoms with van der Waals surface area (Å²) in [5.41, 5.74) is 1.74. The van der Waals surface area contributed by atoms with Gasteiger partial charge in [0.2, 0.25) is 16.8 Å². The van der Waals surface area contributed by atoms with Crippen LogP contribution in [0.1, 0.15) is 62.0 Å². The highest BCUT2D eigenvalue weighted by Crippen LogP contribution is 2.55. The number of aliphatic hydroxyl groups is 1. The van der Waals surface area contributed by atoms with Crippen LogP contribution in [0.2, 0.25) is 18.1 Å². The SMILES string of the molecule is Cc1ccc(S(=O)(=O)N[C@@H]2C3c4cc5c(cc4C(=O)C(O)[C@H]3[C@H](O[Si](C)(C)C(C)(C)C)[C@H]3OC(C)(C)O[C@H]32)OCO5)cc1. The van der Waals surface area contributed by atoms with Gasteiger partial charge in [-0.15, -0.1) is 0 Å². The van der Waals surface area contributed by atoms with Crippen molar-refractivity contribution in [3.8, 4) is 11.5 Å². The van der Waals surface area contributed by atoms with Gasteiger partial charge in [-0.3, -0.25) is 4.79 Å². The molecule has 0 amide bonds. The second kappa shape index (κ2) is 10.1. The number of rotatable bonds is 5. The van der Waals surface area contributed by atoms with Gasteiger partial charge in [0.1, 0.15) is 18.3 Å². The first-order valence-electron chi connectivity index (χ1n) is 14.7. The lowest BCUT2D eigenvalue weighted by molar-refractivity contribution is -0.156. The Bertz CT molecular complexity index is 1550. The van der Waals surface area contributed by atoms with E-state index in [4.69, 9.17) is 23.4 Å². The predicted molar refractivity (Wildman–Crippen MR) is 160 cm³/mol. The number of ketones is 1. The fourth-order valence-electron chi connectivity index (χ4n) is 6.54. The molecule has 43 heavy (non-hydrogen) atoms. The molecular weight excluding hydrogens is 590 g/mol. The van der Waals surface area contributed by atoms with E-state index in [9.17, 15) is 18.3 Å². The molecule has 2 aromatic rings. The molecule has 2 fully saturated rings. The molecule has 1 saturated heterocycles. The number of hydrogen-bond acceptors (Lipinski definition) is 9. The molecule has 0 spiro atoms. The number of aliphatic hydroxyl groups excluding tert-OH is 1. The Morgan fingerprint density at radius 2 is 1.63 bits per heavy atom. The molecule has 2 heterocycles. The minimum atomic E-state index is -4.06. The van der Waals surface area contributed by atoms with E-state index in [0.29, 0.717) is 17.1 Å². The van der Waals surface area contributed by atoms with Crippen LogP contribution in [0, 0.1) is 12.8 Å². The van der Waals surface area contributed by atoms with Crippen LogP contribution in [0.5, 0.6) is 11.5 Å². The van der Waals surface area contributed by atoms with Crippen molar-refractivity contribution in [1.29, 1.82) is 0 Å². The van der Waals surface area contributed by atoms with E-state index in [0.717, 1.165) is 5.56 Å². The Morgan fingerprint density at radius 3 is 2.26 bits per heavy atom. The van der Waals surface area contributed by atoms with E-state index in [1.165, 1.54) is 0 Å². The lowest BCUT2D eigenvalue weighted by Gasteiger charge is -2.53. The topological polar surface area (TPSA) is 130 Å². The second-order valence-electron chi connectivity index (χ2n) is 14.1. The van der Waals surface area contributed by atoms with Crippen LogP contribution in [0.25, 0.3) is 0 Å². The lowest BCUT2D eigenvalue weighted by atomic mass is 9.61. The van der Waals surface area contributed by atoms with Crippen LogP contribution < -0.4 is 14.2 Å². The fraction of sp³-hybridized carbons (Fsp3) is 0.581. The Labute approximate surface area is 254 Å². The van der Waals surface area contributed by atoms with Crippen molar-refractivity contribution in [2.24, 2.45) is 5.92 Å². The number of Topliss-reactive ketones (excluding diaryl/α,β-unsaturated/α-hetero) is 1. The molecule has 4 aliphatic rings. The highest BCUT2D eigenvalue weighted by Gasteiger charge is 2.64. The number of hydrogen-bond donors (Lipinski definition) is 2. The summed E-state index contributed by atoms with van der Waals surface area (Å²) in [6, 6.07) is 8.99. The standard InChI is InChI=1S/C31H41NO9SSi/c1-16-9-11-17(12-10-16)42(35,36)32-24-22-18-13-20-21(38-15-37-20)14-19(18)25(33)26(34)23(22)27(41-43(7,8)30(2,3)4)29-28(24)39-31(5,6)40-29/h9-14,22-24,26-29,32,34H,15H2,1-8H3/t22?,23-,24+,26?,27-,28-,29+/m0/s1. The molecule has 2 unspecified atom stereocenters. The minimum Gasteiger partial charge on any atom is -0.454 e. The molecule has 12 heteroatoms. The Balaban J connectivity index is 1.54. The van der Waals surface area contributed by atoms with Crippen LogP contribution in [0.3, 0.4) is 0 Å². The molecule has 234 valence electrons. The van der Waals surface area contributed by atoms with Crippen LogP contribution in [0.15, 0.2) is 41.3 Å². The van der Waals surface area contributed by atoms with Crippen molar-refractivity contribution < 1.29 is 41.7 Å². The summed E-state index contributed by atoms with van der Waals surface area (Å²) in [6.45, 7) is 16.0. The van der Waals surface area contributed by atoms with E-state index in [2.05, 4.69) is 38.6 Å². The van der Waals surface area contributed by atoms with E-state index < -0.39 is 72.2 Å². The van der Waals surface area contributed by atoms with Crippen molar-refractivity contribution in [1.82, 2.24) is 4.72 Å². The number of aryl methyl sites for hydroxylation is 1. The first-order chi connectivity index (χ1) is 19.9. The van der Waals surface area contributed by atoms with Crippen molar-refractivity contribution in [2.45, 2.75) is 107 Å². The highest BCUT2D eigenvalue weighted by atomic mass is 32.2. The molecular formula is C31H41NO9SSi. The predicted octanol–water partition coefficient (Wildman–Crippen LogP) is 4.25. The van der Waals surface area contributed by atoms with Gasteiger partial charge in [0.25, 0.3) is 0 Å². The van der Waals surface area contributed by atoms with Gasteiger partial charge in [0.15, 0.2) is 31.4 Å². The summed E-state index contributed by atoms with van der Waals surface area (Å²) < 4.78 is 61.9. The van der Waals surface area contributed by atoms with E-state index in [1.54, 1.807) is 50.2 Å². The number of benzene rings is 2. The van der Waals surface area contributed by atoms with Gasteiger partial charge in [-0.1, -0.05) is 38.5 Å². The van der Waals surface area contributed by atoms with Gasteiger partial charge in [-0.25, -0.2) is 13.1 Å². The number of sulfonamides is 1. The van der Waals surface area contributed by atoms with Gasteiger partial charge in [-0.05, 0) is 68.7 Å². The summed E-state index contributed by atoms with van der Waals surface area (Å²) in [5, 5.41) is 11.6. The number of carbonyl (C=O) groups excluding carboxylic acids is 1. The zero-order valence-corrected chi connectivity index (χ0v) is 27.7. The first-order valence-corrected chi connectivity index (χ1v) is 19.1. The number of carbonyl (C=O) groups is 1. The number of fused-ring (bicyclic) bond motifs is 5. The maximum Gasteiger partial charge on any atom is 0.240 e. The van der Waals surface area contributed by atoms with Crippen molar-refractivity contribution in [2.75, 3.05) is 6.79 Å².